The minimum Gasteiger partial charge on any atom is -0.496 e. The molecule has 37 heavy (non-hydrogen) atoms. The molecule has 0 saturated carbocycles. The Labute approximate surface area is 213 Å². The molecular formula is C29H29F3N2O3. The van der Waals surface area contributed by atoms with Gasteiger partial charge in [-0.3, -0.25) is 9.59 Å². The Morgan fingerprint density at radius 2 is 1.73 bits per heavy atom. The van der Waals surface area contributed by atoms with Gasteiger partial charge in [0.2, 0.25) is 0 Å². The lowest BCUT2D eigenvalue weighted by molar-refractivity contribution is -0.141. The number of pyridine rings is 1. The lowest BCUT2D eigenvalue weighted by Gasteiger charge is -2.23. The largest absolute Gasteiger partial charge is 0.496 e. The number of ether oxygens (including phenoxy) is 1. The molecule has 194 valence electrons. The van der Waals surface area contributed by atoms with E-state index in [0.717, 1.165) is 35.6 Å². The molecule has 1 aromatic heterocycles. The molecular weight excluding hydrogens is 481 g/mol. The van der Waals surface area contributed by atoms with E-state index in [1.54, 1.807) is 6.08 Å². The summed E-state index contributed by atoms with van der Waals surface area (Å²) in [5, 5.41) is 2.87. The number of carbonyl (C=O) groups excluding carboxylic acids is 1. The van der Waals surface area contributed by atoms with E-state index in [4.69, 9.17) is 4.74 Å². The lowest BCUT2D eigenvalue weighted by Crippen LogP contribution is -2.35. The van der Waals surface area contributed by atoms with Crippen LogP contribution in [0.4, 0.5) is 13.2 Å². The fraction of sp³-hybridized carbons (Fsp3) is 0.310. The molecule has 0 fully saturated rings. The summed E-state index contributed by atoms with van der Waals surface area (Å²) in [6.07, 6.45) is -0.286. The summed E-state index contributed by atoms with van der Waals surface area (Å²) >= 11 is 0. The van der Waals surface area contributed by atoms with Gasteiger partial charge in [0.05, 0.1) is 13.2 Å². The zero-order valence-electron chi connectivity index (χ0n) is 21.0. The van der Waals surface area contributed by atoms with E-state index in [2.05, 4.69) is 5.32 Å². The molecule has 1 atom stereocenters. The van der Waals surface area contributed by atoms with Crippen LogP contribution in [0.3, 0.4) is 0 Å². The molecule has 1 aliphatic carbocycles. The number of amides is 1. The minimum absolute atomic E-state index is 0.156. The van der Waals surface area contributed by atoms with E-state index in [1.165, 1.54) is 7.11 Å². The van der Waals surface area contributed by atoms with Crippen LogP contribution >= 0.6 is 0 Å². The standard InChI is InChI=1S/C29H29F3N2O3/c1-17-9-12-20(13-10-17)25(21-14-11-18(2)15-24(21)37-3)33-27(35)23-16-22(19-7-5-4-6-8-19)26(29(30,31)32)34-28(23)36/h7,9-16,25H,4-6,8H2,1-3H3,(H,33,35)(H,34,36). The fourth-order valence-corrected chi connectivity index (χ4v) is 4.62. The average molecular weight is 511 g/mol. The maximum Gasteiger partial charge on any atom is 0.431 e. The number of hydrogen-bond acceptors (Lipinski definition) is 3. The zero-order chi connectivity index (χ0) is 26.7. The third kappa shape index (κ3) is 5.79. The molecule has 1 heterocycles. The van der Waals surface area contributed by atoms with Crippen molar-refractivity contribution in [2.45, 2.75) is 51.7 Å². The Kier molecular flexibility index (Phi) is 7.57. The van der Waals surface area contributed by atoms with Gasteiger partial charge in [-0.05, 0) is 68.4 Å². The van der Waals surface area contributed by atoms with E-state index in [-0.39, 0.29) is 11.1 Å². The van der Waals surface area contributed by atoms with Crippen LogP contribution in [0.2, 0.25) is 0 Å². The second-order valence-electron chi connectivity index (χ2n) is 9.34. The van der Waals surface area contributed by atoms with Gasteiger partial charge in [-0.1, -0.05) is 48.0 Å². The van der Waals surface area contributed by atoms with Gasteiger partial charge in [0.25, 0.3) is 11.5 Å². The molecule has 5 nitrogen and oxygen atoms in total. The molecule has 0 radical (unpaired) electrons. The summed E-state index contributed by atoms with van der Waals surface area (Å²) in [6, 6.07) is 13.4. The van der Waals surface area contributed by atoms with Crippen LogP contribution in [-0.4, -0.2) is 18.0 Å². The molecule has 1 unspecified atom stereocenters. The molecule has 4 rings (SSSR count). The van der Waals surface area contributed by atoms with Crippen LogP contribution in [0.15, 0.2) is 59.4 Å². The van der Waals surface area contributed by atoms with E-state index >= 15 is 0 Å². The summed E-state index contributed by atoms with van der Waals surface area (Å²) < 4.78 is 47.0. The van der Waals surface area contributed by atoms with Gasteiger partial charge in [0.1, 0.15) is 17.0 Å². The second-order valence-corrected chi connectivity index (χ2v) is 9.34. The van der Waals surface area contributed by atoms with Crippen LogP contribution < -0.4 is 15.6 Å². The van der Waals surface area contributed by atoms with Gasteiger partial charge in [0.15, 0.2) is 0 Å². The van der Waals surface area contributed by atoms with Crippen LogP contribution in [0.1, 0.15) is 75.6 Å². The number of alkyl halides is 3. The first-order valence-electron chi connectivity index (χ1n) is 12.1. The summed E-state index contributed by atoms with van der Waals surface area (Å²) in [6.45, 7) is 3.85. The summed E-state index contributed by atoms with van der Waals surface area (Å²) in [4.78, 5) is 28.2. The Balaban J connectivity index is 1.80. The van der Waals surface area contributed by atoms with Crippen molar-refractivity contribution in [2.75, 3.05) is 7.11 Å². The van der Waals surface area contributed by atoms with Crippen LogP contribution in [0.5, 0.6) is 5.75 Å². The minimum atomic E-state index is -4.76. The summed E-state index contributed by atoms with van der Waals surface area (Å²) in [7, 11) is 1.52. The number of halogens is 3. The molecule has 8 heteroatoms. The highest BCUT2D eigenvalue weighted by Crippen LogP contribution is 2.37. The quantitative estimate of drug-likeness (QED) is 0.398. The van der Waals surface area contributed by atoms with E-state index < -0.39 is 29.4 Å². The number of hydrogen-bond donors (Lipinski definition) is 2. The number of carbonyl (C=O) groups is 1. The van der Waals surface area contributed by atoms with Crippen LogP contribution in [0.25, 0.3) is 5.57 Å². The SMILES string of the molecule is COc1cc(C)ccc1C(NC(=O)c1cc(C2=CCCCC2)c(C(F)(F)F)[nH]c1=O)c1ccc(C)cc1. The second kappa shape index (κ2) is 10.7. The Hall–Kier alpha value is -3.81. The molecule has 1 amide bonds. The predicted octanol–water partition coefficient (Wildman–Crippen LogP) is 6.50. The number of nitrogens with one attached hydrogen (secondary N) is 2. The van der Waals surface area contributed by atoms with Crippen molar-refractivity contribution in [1.29, 1.82) is 0 Å². The van der Waals surface area contributed by atoms with Crippen molar-refractivity contribution in [3.63, 3.8) is 0 Å². The van der Waals surface area contributed by atoms with E-state index in [9.17, 15) is 22.8 Å². The molecule has 0 spiro atoms. The van der Waals surface area contributed by atoms with Gasteiger partial charge >= 0.3 is 6.18 Å². The van der Waals surface area contributed by atoms with Crippen LogP contribution in [0, 0.1) is 13.8 Å². The van der Waals surface area contributed by atoms with Crippen molar-refractivity contribution >= 4 is 11.5 Å². The number of methoxy groups -OCH3 is 1. The monoisotopic (exact) mass is 510 g/mol. The first kappa shape index (κ1) is 26.3. The number of allylic oxidation sites excluding steroid dienone is 2. The first-order valence-corrected chi connectivity index (χ1v) is 12.1. The predicted molar refractivity (Wildman–Crippen MR) is 137 cm³/mol. The van der Waals surface area contributed by atoms with Gasteiger partial charge in [-0.2, -0.15) is 13.2 Å². The highest BCUT2D eigenvalue weighted by Gasteiger charge is 2.37. The third-order valence-corrected chi connectivity index (χ3v) is 6.59. The number of rotatable bonds is 6. The van der Waals surface area contributed by atoms with Crippen molar-refractivity contribution in [3.05, 3.63) is 104 Å². The van der Waals surface area contributed by atoms with E-state index in [1.807, 2.05) is 61.3 Å². The number of benzene rings is 2. The van der Waals surface area contributed by atoms with Crippen molar-refractivity contribution < 1.29 is 22.7 Å². The molecule has 0 saturated heterocycles. The van der Waals surface area contributed by atoms with Gasteiger partial charge in [0, 0.05) is 11.1 Å². The maximum atomic E-state index is 13.8. The first-order chi connectivity index (χ1) is 17.6. The molecule has 0 aliphatic heterocycles. The third-order valence-electron chi connectivity index (χ3n) is 6.59. The Morgan fingerprint density at radius 3 is 2.35 bits per heavy atom. The summed E-state index contributed by atoms with van der Waals surface area (Å²) in [5.74, 6) is -0.235. The highest BCUT2D eigenvalue weighted by atomic mass is 19.4. The van der Waals surface area contributed by atoms with Crippen molar-refractivity contribution in [1.82, 2.24) is 10.3 Å². The molecule has 0 bridgehead atoms. The van der Waals surface area contributed by atoms with Gasteiger partial charge in [-0.25, -0.2) is 0 Å². The maximum absolute atomic E-state index is 13.8. The topological polar surface area (TPSA) is 71.2 Å². The molecule has 1 aliphatic rings. The fourth-order valence-electron chi connectivity index (χ4n) is 4.62. The van der Waals surface area contributed by atoms with E-state index in [0.29, 0.717) is 29.7 Å². The van der Waals surface area contributed by atoms with Crippen LogP contribution in [-0.2, 0) is 6.18 Å². The zero-order valence-corrected chi connectivity index (χ0v) is 21.0. The molecule has 3 aromatic rings. The normalized spacial score (nSPS) is 14.6. The Bertz CT molecular complexity index is 1390. The number of aromatic nitrogens is 1. The van der Waals surface area contributed by atoms with Crippen molar-refractivity contribution in [2.24, 2.45) is 0 Å². The highest BCUT2D eigenvalue weighted by molar-refractivity contribution is 5.95. The van der Waals surface area contributed by atoms with Gasteiger partial charge < -0.3 is 15.0 Å². The lowest BCUT2D eigenvalue weighted by atomic mass is 9.91. The number of H-pyrrole nitrogens is 1. The number of aryl methyl sites for hydroxylation is 2. The molecule has 2 aromatic carbocycles. The summed E-state index contributed by atoms with van der Waals surface area (Å²) in [5.41, 5.74) is 1.10. The Morgan fingerprint density at radius 1 is 1.03 bits per heavy atom. The number of aromatic amines is 1. The smallest absolute Gasteiger partial charge is 0.431 e. The average Bonchev–Trinajstić information content (AvgIpc) is 2.87. The van der Waals surface area contributed by atoms with Crippen molar-refractivity contribution in [3.8, 4) is 5.75 Å². The molecule has 2 N–H and O–H groups in total. The van der Waals surface area contributed by atoms with Gasteiger partial charge in [-0.15, -0.1) is 0 Å².